The third kappa shape index (κ3) is 3.74. The van der Waals surface area contributed by atoms with E-state index in [1.54, 1.807) is 31.4 Å². The van der Waals surface area contributed by atoms with Crippen molar-refractivity contribution in [2.45, 2.75) is 32.3 Å². The highest BCUT2D eigenvalue weighted by molar-refractivity contribution is 5.66. The van der Waals surface area contributed by atoms with Crippen molar-refractivity contribution < 1.29 is 23.7 Å². The average molecular weight is 278 g/mol. The van der Waals surface area contributed by atoms with Crippen LogP contribution in [0.2, 0.25) is 0 Å². The van der Waals surface area contributed by atoms with Crippen molar-refractivity contribution >= 4 is 5.97 Å². The smallest absolute Gasteiger partial charge is 0.303 e. The minimum absolute atomic E-state index is 0.257. The van der Waals surface area contributed by atoms with Crippen LogP contribution in [-0.4, -0.2) is 31.6 Å². The highest BCUT2D eigenvalue weighted by Gasteiger charge is 2.26. The molecule has 0 aliphatic carbocycles. The van der Waals surface area contributed by atoms with Crippen LogP contribution in [0.5, 0.6) is 11.5 Å². The number of hydrogen-bond acceptors (Lipinski definition) is 5. The third-order valence-electron chi connectivity index (χ3n) is 2.88. The Hall–Kier alpha value is -2.01. The fraction of sp³-hybridized carbons (Fsp3) is 0.400. The van der Waals surface area contributed by atoms with Gasteiger partial charge in [0.1, 0.15) is 17.6 Å². The zero-order valence-corrected chi connectivity index (χ0v) is 11.7. The molecule has 1 heterocycles. The van der Waals surface area contributed by atoms with E-state index in [-0.39, 0.29) is 18.2 Å². The molecule has 108 valence electrons. The molecule has 1 aliphatic heterocycles. The predicted molar refractivity (Wildman–Crippen MR) is 72.7 cm³/mol. The number of methoxy groups -OCH3 is 1. The normalized spacial score (nSPS) is 25.1. The van der Waals surface area contributed by atoms with E-state index in [0.29, 0.717) is 5.75 Å². The number of ether oxygens (including phenoxy) is 4. The fourth-order valence-electron chi connectivity index (χ4n) is 1.87. The lowest BCUT2D eigenvalue weighted by Gasteiger charge is -2.29. The summed E-state index contributed by atoms with van der Waals surface area (Å²) in [4.78, 5) is 10.9. The molecule has 0 radical (unpaired) electrons. The summed E-state index contributed by atoms with van der Waals surface area (Å²) in [5.41, 5.74) is 0. The predicted octanol–water partition coefficient (Wildman–Crippen LogP) is 2.31. The molecule has 5 heteroatoms. The Morgan fingerprint density at radius 2 is 1.80 bits per heavy atom. The number of hydrogen-bond donors (Lipinski definition) is 0. The molecule has 0 spiro atoms. The van der Waals surface area contributed by atoms with Gasteiger partial charge in [0.15, 0.2) is 0 Å². The molecule has 0 saturated carbocycles. The lowest BCUT2D eigenvalue weighted by molar-refractivity contribution is -0.163. The molecule has 1 aromatic carbocycles. The Balaban J connectivity index is 1.95. The number of carbonyl (C=O) groups excluding carboxylic acids is 1. The van der Waals surface area contributed by atoms with Crippen LogP contribution in [0.3, 0.4) is 0 Å². The van der Waals surface area contributed by atoms with Crippen LogP contribution < -0.4 is 9.47 Å². The lowest BCUT2D eigenvalue weighted by atomic mass is 10.1. The van der Waals surface area contributed by atoms with Crippen LogP contribution in [0, 0.1) is 0 Å². The molecule has 0 aromatic heterocycles. The molecule has 0 amide bonds. The Kier molecular flexibility index (Phi) is 4.63. The molecule has 0 fully saturated rings. The first kappa shape index (κ1) is 14.4. The molecular weight excluding hydrogens is 260 g/mol. The van der Waals surface area contributed by atoms with Crippen molar-refractivity contribution in [2.24, 2.45) is 0 Å². The Morgan fingerprint density at radius 1 is 1.15 bits per heavy atom. The van der Waals surface area contributed by atoms with Gasteiger partial charge in [-0.1, -0.05) is 0 Å². The van der Waals surface area contributed by atoms with Crippen LogP contribution in [0.15, 0.2) is 36.4 Å². The van der Waals surface area contributed by atoms with Gasteiger partial charge in [-0.2, -0.15) is 0 Å². The van der Waals surface area contributed by atoms with Crippen LogP contribution in [0.25, 0.3) is 0 Å². The lowest BCUT2D eigenvalue weighted by Crippen LogP contribution is -2.37. The number of rotatable bonds is 4. The fourth-order valence-corrected chi connectivity index (χ4v) is 1.87. The molecule has 20 heavy (non-hydrogen) atoms. The van der Waals surface area contributed by atoms with Gasteiger partial charge in [-0.05, 0) is 43.3 Å². The first-order valence-corrected chi connectivity index (χ1v) is 6.40. The second kappa shape index (κ2) is 6.43. The summed E-state index contributed by atoms with van der Waals surface area (Å²) < 4.78 is 21.5. The Labute approximate surface area is 118 Å². The molecule has 2 rings (SSSR count). The Bertz CT molecular complexity index is 480. The highest BCUT2D eigenvalue weighted by Crippen LogP contribution is 2.22. The molecule has 1 aliphatic rings. The van der Waals surface area contributed by atoms with E-state index in [4.69, 9.17) is 18.9 Å². The van der Waals surface area contributed by atoms with E-state index in [1.807, 2.05) is 19.1 Å². The standard InChI is InChI=1S/C15H18O5/c1-10-14(19-11(2)16)8-9-15(18-10)20-13-6-4-12(17-3)5-7-13/h4-10,14-15H,1-3H3. The largest absolute Gasteiger partial charge is 0.497 e. The van der Waals surface area contributed by atoms with Gasteiger partial charge in [0.2, 0.25) is 6.29 Å². The molecule has 5 nitrogen and oxygen atoms in total. The maximum absolute atomic E-state index is 10.9. The van der Waals surface area contributed by atoms with Crippen molar-refractivity contribution in [3.8, 4) is 11.5 Å². The average Bonchev–Trinajstić information content (AvgIpc) is 2.42. The topological polar surface area (TPSA) is 54.0 Å². The van der Waals surface area contributed by atoms with E-state index in [0.717, 1.165) is 5.75 Å². The van der Waals surface area contributed by atoms with E-state index < -0.39 is 6.29 Å². The number of benzene rings is 1. The van der Waals surface area contributed by atoms with Crippen molar-refractivity contribution in [1.29, 1.82) is 0 Å². The van der Waals surface area contributed by atoms with Gasteiger partial charge in [-0.3, -0.25) is 4.79 Å². The van der Waals surface area contributed by atoms with E-state index in [2.05, 4.69) is 0 Å². The SMILES string of the molecule is COc1ccc(OC2C=CC(OC(C)=O)C(C)O2)cc1. The van der Waals surface area contributed by atoms with Gasteiger partial charge in [-0.25, -0.2) is 0 Å². The summed E-state index contributed by atoms with van der Waals surface area (Å²) in [6.07, 6.45) is 2.39. The van der Waals surface area contributed by atoms with Crippen LogP contribution in [0.4, 0.5) is 0 Å². The second-order valence-corrected chi connectivity index (χ2v) is 4.46. The van der Waals surface area contributed by atoms with Gasteiger partial charge in [0.05, 0.1) is 13.2 Å². The zero-order valence-electron chi connectivity index (χ0n) is 11.7. The van der Waals surface area contributed by atoms with Crippen LogP contribution in [0.1, 0.15) is 13.8 Å². The molecule has 1 aromatic rings. The van der Waals surface area contributed by atoms with Crippen molar-refractivity contribution in [1.82, 2.24) is 0 Å². The van der Waals surface area contributed by atoms with Gasteiger partial charge >= 0.3 is 5.97 Å². The summed E-state index contributed by atoms with van der Waals surface area (Å²) in [7, 11) is 1.61. The monoisotopic (exact) mass is 278 g/mol. The maximum Gasteiger partial charge on any atom is 0.303 e. The van der Waals surface area contributed by atoms with Gasteiger partial charge < -0.3 is 18.9 Å². The second-order valence-electron chi connectivity index (χ2n) is 4.46. The summed E-state index contributed by atoms with van der Waals surface area (Å²) in [6, 6.07) is 7.23. The molecule has 3 atom stereocenters. The highest BCUT2D eigenvalue weighted by atomic mass is 16.7. The molecule has 3 unspecified atom stereocenters. The summed E-state index contributed by atoms with van der Waals surface area (Å²) >= 11 is 0. The number of carbonyl (C=O) groups is 1. The molecule has 0 saturated heterocycles. The first-order valence-electron chi connectivity index (χ1n) is 6.40. The van der Waals surface area contributed by atoms with Gasteiger partial charge in [-0.15, -0.1) is 0 Å². The van der Waals surface area contributed by atoms with Gasteiger partial charge in [0.25, 0.3) is 0 Å². The minimum atomic E-state index is -0.495. The summed E-state index contributed by atoms with van der Waals surface area (Å²) in [5, 5.41) is 0. The van der Waals surface area contributed by atoms with Crippen LogP contribution in [-0.2, 0) is 14.3 Å². The zero-order chi connectivity index (χ0) is 14.5. The molecule has 0 bridgehead atoms. The Morgan fingerprint density at radius 3 is 2.35 bits per heavy atom. The van der Waals surface area contributed by atoms with Crippen molar-refractivity contribution in [2.75, 3.05) is 7.11 Å². The number of esters is 1. The third-order valence-corrected chi connectivity index (χ3v) is 2.88. The minimum Gasteiger partial charge on any atom is -0.497 e. The maximum atomic E-state index is 10.9. The van der Waals surface area contributed by atoms with E-state index >= 15 is 0 Å². The van der Waals surface area contributed by atoms with E-state index in [1.165, 1.54) is 6.92 Å². The summed E-state index contributed by atoms with van der Waals surface area (Å²) in [6.45, 7) is 3.21. The summed E-state index contributed by atoms with van der Waals surface area (Å²) in [5.74, 6) is 1.11. The van der Waals surface area contributed by atoms with Crippen LogP contribution >= 0.6 is 0 Å². The molecular formula is C15H18O5. The first-order chi connectivity index (χ1) is 9.58. The van der Waals surface area contributed by atoms with Gasteiger partial charge in [0, 0.05) is 6.92 Å². The molecule has 0 N–H and O–H groups in total. The van der Waals surface area contributed by atoms with E-state index in [9.17, 15) is 4.79 Å². The van der Waals surface area contributed by atoms with Crippen molar-refractivity contribution in [3.05, 3.63) is 36.4 Å². The van der Waals surface area contributed by atoms with Crippen molar-refractivity contribution in [3.63, 3.8) is 0 Å². The quantitative estimate of drug-likeness (QED) is 0.625.